The van der Waals surface area contributed by atoms with Crippen LogP contribution in [0.4, 0.5) is 0 Å². The molecule has 0 N–H and O–H groups in total. The van der Waals surface area contributed by atoms with Gasteiger partial charge in [0.1, 0.15) is 11.3 Å². The molecule has 0 aliphatic carbocycles. The normalized spacial score (nSPS) is 18.4. The second kappa shape index (κ2) is 3.66. The number of hydrogen-bond acceptors (Lipinski definition) is 3. The van der Waals surface area contributed by atoms with E-state index in [4.69, 9.17) is 9.15 Å². The van der Waals surface area contributed by atoms with Gasteiger partial charge in [-0.15, -0.1) is 0 Å². The molecule has 15 heavy (non-hydrogen) atoms. The van der Waals surface area contributed by atoms with Crippen molar-refractivity contribution in [1.29, 1.82) is 0 Å². The molecule has 0 unspecified atom stereocenters. The van der Waals surface area contributed by atoms with Crippen molar-refractivity contribution in [1.82, 2.24) is 4.98 Å². The van der Waals surface area contributed by atoms with Crippen LogP contribution in [0.25, 0.3) is 11.1 Å². The molecule has 1 fully saturated rings. The zero-order valence-corrected chi connectivity index (χ0v) is 8.48. The first-order chi connectivity index (χ1) is 7.43. The van der Waals surface area contributed by atoms with Crippen LogP contribution in [-0.4, -0.2) is 18.2 Å². The van der Waals surface area contributed by atoms with Gasteiger partial charge in [-0.25, -0.2) is 0 Å². The van der Waals surface area contributed by atoms with Crippen molar-refractivity contribution >= 4 is 11.1 Å². The van der Waals surface area contributed by atoms with Gasteiger partial charge in [0.15, 0.2) is 5.58 Å². The van der Waals surface area contributed by atoms with Gasteiger partial charge in [0, 0.05) is 31.4 Å². The summed E-state index contributed by atoms with van der Waals surface area (Å²) in [7, 11) is 0. The predicted octanol–water partition coefficient (Wildman–Crippen LogP) is 2.72. The van der Waals surface area contributed by atoms with Crippen LogP contribution in [0.1, 0.15) is 24.5 Å². The summed E-state index contributed by atoms with van der Waals surface area (Å²) >= 11 is 0. The van der Waals surface area contributed by atoms with E-state index in [1.165, 1.54) is 0 Å². The Bertz CT molecular complexity index is 424. The Hall–Kier alpha value is -1.35. The van der Waals surface area contributed by atoms with Crippen LogP contribution in [0.2, 0.25) is 0 Å². The zero-order valence-electron chi connectivity index (χ0n) is 8.48. The first-order valence-corrected chi connectivity index (χ1v) is 5.36. The van der Waals surface area contributed by atoms with E-state index in [9.17, 15) is 0 Å². The molecule has 0 aromatic carbocycles. The lowest BCUT2D eigenvalue weighted by atomic mass is 9.98. The van der Waals surface area contributed by atoms with Crippen molar-refractivity contribution in [2.75, 3.05) is 13.2 Å². The zero-order chi connectivity index (χ0) is 10.1. The largest absolute Gasteiger partial charge is 0.459 e. The van der Waals surface area contributed by atoms with Gasteiger partial charge < -0.3 is 9.15 Å². The molecule has 3 nitrogen and oxygen atoms in total. The summed E-state index contributed by atoms with van der Waals surface area (Å²) in [5, 5.41) is 0. The van der Waals surface area contributed by atoms with Crippen LogP contribution >= 0.6 is 0 Å². The van der Waals surface area contributed by atoms with Gasteiger partial charge in [-0.1, -0.05) is 0 Å². The highest BCUT2D eigenvalue weighted by Gasteiger charge is 2.19. The molecule has 0 radical (unpaired) electrons. The fraction of sp³-hybridized carbons (Fsp3) is 0.417. The lowest BCUT2D eigenvalue weighted by Gasteiger charge is -2.19. The van der Waals surface area contributed by atoms with E-state index < -0.39 is 0 Å². The lowest BCUT2D eigenvalue weighted by Crippen LogP contribution is -2.13. The van der Waals surface area contributed by atoms with Crippen molar-refractivity contribution in [3.8, 4) is 0 Å². The van der Waals surface area contributed by atoms with Crippen molar-refractivity contribution in [2.24, 2.45) is 0 Å². The number of fused-ring (bicyclic) bond motifs is 1. The molecule has 78 valence electrons. The first kappa shape index (κ1) is 8.92. The summed E-state index contributed by atoms with van der Waals surface area (Å²) in [5.41, 5.74) is 1.85. The minimum Gasteiger partial charge on any atom is -0.459 e. The predicted molar refractivity (Wildman–Crippen MR) is 56.8 cm³/mol. The Balaban J connectivity index is 1.96. The molecule has 0 spiro atoms. The molecule has 2 aromatic heterocycles. The molecule has 0 amide bonds. The SMILES string of the molecule is c1cnc2cc(C3CCOCC3)oc2c1. The fourth-order valence-corrected chi connectivity index (χ4v) is 2.07. The molecule has 3 heteroatoms. The van der Waals surface area contributed by atoms with Crippen LogP contribution in [0.15, 0.2) is 28.8 Å². The van der Waals surface area contributed by atoms with Gasteiger partial charge in [-0.3, -0.25) is 4.98 Å². The number of furan rings is 1. The minimum absolute atomic E-state index is 0.507. The second-order valence-electron chi connectivity index (χ2n) is 3.92. The van der Waals surface area contributed by atoms with Gasteiger partial charge in [0.05, 0.1) is 0 Å². The Morgan fingerprint density at radius 3 is 2.93 bits per heavy atom. The number of aromatic nitrogens is 1. The topological polar surface area (TPSA) is 35.3 Å². The van der Waals surface area contributed by atoms with Crippen molar-refractivity contribution in [3.63, 3.8) is 0 Å². The quantitative estimate of drug-likeness (QED) is 0.714. The van der Waals surface area contributed by atoms with E-state index in [0.29, 0.717) is 5.92 Å². The third-order valence-electron chi connectivity index (χ3n) is 2.93. The average molecular weight is 203 g/mol. The number of rotatable bonds is 1. The third kappa shape index (κ3) is 1.63. The monoisotopic (exact) mass is 203 g/mol. The maximum atomic E-state index is 5.79. The smallest absolute Gasteiger partial charge is 0.152 e. The number of hydrogen-bond donors (Lipinski definition) is 0. The molecule has 3 heterocycles. The van der Waals surface area contributed by atoms with Gasteiger partial charge in [-0.05, 0) is 25.0 Å². The molecular weight excluding hydrogens is 190 g/mol. The van der Waals surface area contributed by atoms with Gasteiger partial charge >= 0.3 is 0 Å². The summed E-state index contributed by atoms with van der Waals surface area (Å²) in [6.45, 7) is 1.68. The molecule has 1 aliphatic rings. The molecule has 2 aromatic rings. The molecule has 0 atom stereocenters. The van der Waals surface area contributed by atoms with E-state index in [-0.39, 0.29) is 0 Å². The molecular formula is C12H13NO2. The van der Waals surface area contributed by atoms with E-state index in [2.05, 4.69) is 11.1 Å². The van der Waals surface area contributed by atoms with Crippen LogP contribution in [-0.2, 0) is 4.74 Å². The highest BCUT2D eigenvalue weighted by atomic mass is 16.5. The molecule has 1 aliphatic heterocycles. The van der Waals surface area contributed by atoms with Crippen LogP contribution in [0.3, 0.4) is 0 Å². The minimum atomic E-state index is 0.507. The summed E-state index contributed by atoms with van der Waals surface area (Å²) in [6, 6.07) is 5.93. The van der Waals surface area contributed by atoms with Gasteiger partial charge in [0.2, 0.25) is 0 Å². The second-order valence-corrected chi connectivity index (χ2v) is 3.92. The summed E-state index contributed by atoms with van der Waals surface area (Å²) in [4.78, 5) is 4.27. The van der Waals surface area contributed by atoms with Crippen LogP contribution < -0.4 is 0 Å². The number of nitrogens with zero attached hydrogens (tertiary/aromatic N) is 1. The fourth-order valence-electron chi connectivity index (χ4n) is 2.07. The Kier molecular flexibility index (Phi) is 2.18. The molecule has 0 bridgehead atoms. The number of ether oxygens (including phenoxy) is 1. The van der Waals surface area contributed by atoms with Crippen molar-refractivity contribution < 1.29 is 9.15 Å². The third-order valence-corrected chi connectivity index (χ3v) is 2.93. The van der Waals surface area contributed by atoms with E-state index in [1.54, 1.807) is 6.20 Å². The highest BCUT2D eigenvalue weighted by Crippen LogP contribution is 2.30. The summed E-state index contributed by atoms with van der Waals surface area (Å²) in [5.74, 6) is 1.57. The van der Waals surface area contributed by atoms with Crippen LogP contribution in [0.5, 0.6) is 0 Å². The molecule has 1 saturated heterocycles. The number of pyridine rings is 1. The van der Waals surface area contributed by atoms with Crippen LogP contribution in [0, 0.1) is 0 Å². The summed E-state index contributed by atoms with van der Waals surface area (Å²) < 4.78 is 11.1. The van der Waals surface area contributed by atoms with Crippen molar-refractivity contribution in [3.05, 3.63) is 30.2 Å². The Labute approximate surface area is 88.1 Å². The molecule has 0 saturated carbocycles. The summed E-state index contributed by atoms with van der Waals surface area (Å²) in [6.07, 6.45) is 3.91. The van der Waals surface area contributed by atoms with Gasteiger partial charge in [-0.2, -0.15) is 0 Å². The maximum Gasteiger partial charge on any atom is 0.152 e. The lowest BCUT2D eigenvalue weighted by molar-refractivity contribution is 0.0810. The Morgan fingerprint density at radius 1 is 1.27 bits per heavy atom. The van der Waals surface area contributed by atoms with Crippen molar-refractivity contribution in [2.45, 2.75) is 18.8 Å². The Morgan fingerprint density at radius 2 is 2.13 bits per heavy atom. The highest BCUT2D eigenvalue weighted by molar-refractivity contribution is 5.72. The first-order valence-electron chi connectivity index (χ1n) is 5.36. The van der Waals surface area contributed by atoms with Gasteiger partial charge in [0.25, 0.3) is 0 Å². The molecule has 3 rings (SSSR count). The average Bonchev–Trinajstić information content (AvgIpc) is 2.74. The standard InChI is InChI=1S/C12H13NO2/c1-2-11-10(13-5-1)8-12(15-11)9-3-6-14-7-4-9/h1-2,5,8-9H,3-4,6-7H2. The van der Waals surface area contributed by atoms with E-state index >= 15 is 0 Å². The van der Waals surface area contributed by atoms with E-state index in [0.717, 1.165) is 42.9 Å². The maximum absolute atomic E-state index is 5.79. The van der Waals surface area contributed by atoms with E-state index in [1.807, 2.05) is 12.1 Å².